The summed E-state index contributed by atoms with van der Waals surface area (Å²) in [5, 5.41) is 12.5. The first-order valence-electron chi connectivity index (χ1n) is 9.33. The van der Waals surface area contributed by atoms with Gasteiger partial charge in [-0.05, 0) is 32.9 Å². The highest BCUT2D eigenvalue weighted by atomic mass is 31.2. The first kappa shape index (κ1) is 20.2. The number of aliphatic hydroxyl groups is 1. The molecular weight excluding hydrogens is 363 g/mol. The van der Waals surface area contributed by atoms with E-state index in [4.69, 9.17) is 0 Å². The Balaban J connectivity index is 2.02. The predicted octanol–water partition coefficient (Wildman–Crippen LogP) is 4.42. The normalized spacial score (nSPS) is 13.3. The van der Waals surface area contributed by atoms with Crippen molar-refractivity contribution in [1.82, 2.24) is 0 Å². The van der Waals surface area contributed by atoms with Gasteiger partial charge >= 0.3 is 0 Å². The fraction of sp³-hybridized carbons (Fsp3) is 0.200. The van der Waals surface area contributed by atoms with E-state index in [2.05, 4.69) is 11.8 Å². The van der Waals surface area contributed by atoms with Crippen LogP contribution < -0.4 is 10.6 Å². The maximum Gasteiger partial charge on any atom is 0.147 e. The summed E-state index contributed by atoms with van der Waals surface area (Å²) in [5.74, 6) is 5.93. The molecule has 1 N–H and O–H groups in total. The molecule has 0 saturated carbocycles. The molecule has 0 heterocycles. The minimum Gasteiger partial charge on any atom is -0.377 e. The van der Waals surface area contributed by atoms with E-state index in [1.807, 2.05) is 92.7 Å². The van der Waals surface area contributed by atoms with Crippen molar-refractivity contribution >= 4 is 17.8 Å². The van der Waals surface area contributed by atoms with Crippen molar-refractivity contribution in [2.45, 2.75) is 26.4 Å². The van der Waals surface area contributed by atoms with Crippen LogP contribution in [0.2, 0.25) is 0 Å². The molecule has 0 amide bonds. The highest BCUT2D eigenvalue weighted by Gasteiger charge is 2.35. The van der Waals surface area contributed by atoms with Gasteiger partial charge in [0.25, 0.3) is 0 Å². The van der Waals surface area contributed by atoms with Crippen LogP contribution in [-0.4, -0.2) is 16.9 Å². The lowest BCUT2D eigenvalue weighted by Gasteiger charge is -2.26. The fourth-order valence-electron chi connectivity index (χ4n) is 3.10. The molecule has 0 aliphatic rings. The average molecular weight is 388 g/mol. The number of hydrogen-bond acceptors (Lipinski definition) is 2. The van der Waals surface area contributed by atoms with Crippen molar-refractivity contribution in [2.24, 2.45) is 0 Å². The molecule has 0 aromatic heterocycles. The van der Waals surface area contributed by atoms with E-state index in [0.717, 1.165) is 27.3 Å². The minimum absolute atomic E-state index is 0.0615. The Labute approximate surface area is 167 Å². The lowest BCUT2D eigenvalue weighted by Crippen LogP contribution is -2.33. The number of benzene rings is 3. The molecule has 3 rings (SSSR count). The molecule has 0 spiro atoms. The summed E-state index contributed by atoms with van der Waals surface area (Å²) in [7, 11) is -3.06. The van der Waals surface area contributed by atoms with Crippen molar-refractivity contribution in [3.63, 3.8) is 0 Å². The molecule has 142 valence electrons. The van der Waals surface area contributed by atoms with Crippen LogP contribution in [0.1, 0.15) is 23.6 Å². The van der Waals surface area contributed by atoms with Gasteiger partial charge in [0.2, 0.25) is 0 Å². The quantitative estimate of drug-likeness (QED) is 0.531. The lowest BCUT2D eigenvalue weighted by atomic mass is 10.1. The van der Waals surface area contributed by atoms with Crippen LogP contribution in [-0.2, 0) is 4.57 Å². The van der Waals surface area contributed by atoms with Crippen LogP contribution in [0.15, 0.2) is 78.9 Å². The zero-order valence-corrected chi connectivity index (χ0v) is 17.4. The second-order valence-electron chi connectivity index (χ2n) is 7.46. The molecule has 3 heteroatoms. The molecule has 28 heavy (non-hydrogen) atoms. The average Bonchev–Trinajstić information content (AvgIpc) is 2.68. The zero-order chi connectivity index (χ0) is 20.2. The third kappa shape index (κ3) is 4.82. The Morgan fingerprint density at radius 3 is 1.75 bits per heavy atom. The standard InChI is InChI=1S/C25H25O2P/c1-20-9-13-23(14-10-20)28(27,24-15-11-21(2)12-16-24)19-25(3,26)18-17-22-7-5-4-6-8-22/h4-16,26H,19H2,1-3H3/t25-/m0/s1. The summed E-state index contributed by atoms with van der Waals surface area (Å²) in [6, 6.07) is 24.9. The third-order valence-electron chi connectivity index (χ3n) is 4.68. The highest BCUT2D eigenvalue weighted by Crippen LogP contribution is 2.46. The molecule has 0 saturated heterocycles. The molecule has 0 radical (unpaired) electrons. The van der Waals surface area contributed by atoms with Crippen LogP contribution in [0.3, 0.4) is 0 Å². The number of rotatable bonds is 4. The van der Waals surface area contributed by atoms with Gasteiger partial charge in [-0.3, -0.25) is 0 Å². The van der Waals surface area contributed by atoms with Gasteiger partial charge in [0.05, 0.1) is 0 Å². The summed E-state index contributed by atoms with van der Waals surface area (Å²) in [4.78, 5) is 0. The SMILES string of the molecule is Cc1ccc(P(=O)(C[C@@](C)(O)C#Cc2ccccc2)c2ccc(C)cc2)cc1. The van der Waals surface area contributed by atoms with Crippen LogP contribution in [0.4, 0.5) is 0 Å². The van der Waals surface area contributed by atoms with Crippen molar-refractivity contribution in [3.8, 4) is 11.8 Å². The van der Waals surface area contributed by atoms with E-state index in [9.17, 15) is 9.67 Å². The van der Waals surface area contributed by atoms with Crippen LogP contribution in [0, 0.1) is 25.7 Å². The summed E-state index contributed by atoms with van der Waals surface area (Å²) in [5.41, 5.74) is 1.65. The first-order valence-corrected chi connectivity index (χ1v) is 11.2. The van der Waals surface area contributed by atoms with Gasteiger partial charge in [0.15, 0.2) is 0 Å². The molecule has 2 nitrogen and oxygen atoms in total. The topological polar surface area (TPSA) is 37.3 Å². The highest BCUT2D eigenvalue weighted by molar-refractivity contribution is 7.78. The second kappa shape index (κ2) is 8.19. The zero-order valence-electron chi connectivity index (χ0n) is 16.5. The molecule has 0 fully saturated rings. The van der Waals surface area contributed by atoms with E-state index in [-0.39, 0.29) is 6.16 Å². The van der Waals surface area contributed by atoms with E-state index in [0.29, 0.717) is 0 Å². The maximum absolute atomic E-state index is 14.2. The van der Waals surface area contributed by atoms with Crippen molar-refractivity contribution < 1.29 is 9.67 Å². The van der Waals surface area contributed by atoms with E-state index in [1.54, 1.807) is 6.92 Å². The van der Waals surface area contributed by atoms with Crippen molar-refractivity contribution in [3.05, 3.63) is 95.6 Å². The van der Waals surface area contributed by atoms with Gasteiger partial charge in [-0.25, -0.2) is 0 Å². The van der Waals surface area contributed by atoms with E-state index in [1.165, 1.54) is 0 Å². The smallest absolute Gasteiger partial charge is 0.147 e. The Kier molecular flexibility index (Phi) is 5.90. The number of aryl methyl sites for hydroxylation is 2. The molecule has 0 unspecified atom stereocenters. The number of hydrogen-bond donors (Lipinski definition) is 1. The monoisotopic (exact) mass is 388 g/mol. The maximum atomic E-state index is 14.2. The Morgan fingerprint density at radius 2 is 1.29 bits per heavy atom. The fourth-order valence-corrected chi connectivity index (χ4v) is 5.98. The minimum atomic E-state index is -3.06. The Morgan fingerprint density at radius 1 is 0.821 bits per heavy atom. The van der Waals surface area contributed by atoms with Crippen LogP contribution in [0.25, 0.3) is 0 Å². The summed E-state index contributed by atoms with van der Waals surface area (Å²) in [6.45, 7) is 5.64. The first-order chi connectivity index (χ1) is 13.3. The lowest BCUT2D eigenvalue weighted by molar-refractivity contribution is 0.146. The Bertz CT molecular complexity index is 988. The largest absolute Gasteiger partial charge is 0.377 e. The van der Waals surface area contributed by atoms with Crippen LogP contribution in [0.5, 0.6) is 0 Å². The third-order valence-corrected chi connectivity index (χ3v) is 8.01. The Hall–Kier alpha value is -2.59. The summed E-state index contributed by atoms with van der Waals surface area (Å²) in [6.07, 6.45) is 0.0615. The van der Waals surface area contributed by atoms with Gasteiger partial charge in [-0.15, -0.1) is 0 Å². The van der Waals surface area contributed by atoms with Crippen molar-refractivity contribution in [1.29, 1.82) is 0 Å². The molecular formula is C25H25O2P. The molecule has 3 aromatic carbocycles. The van der Waals surface area contributed by atoms with Crippen LogP contribution >= 0.6 is 7.14 Å². The summed E-state index contributed by atoms with van der Waals surface area (Å²) >= 11 is 0. The molecule has 0 aliphatic heterocycles. The molecule has 3 aromatic rings. The molecule has 0 aliphatic carbocycles. The summed E-state index contributed by atoms with van der Waals surface area (Å²) < 4.78 is 14.2. The molecule has 0 bridgehead atoms. The molecule has 1 atom stereocenters. The van der Waals surface area contributed by atoms with E-state index < -0.39 is 12.7 Å². The van der Waals surface area contributed by atoms with Gasteiger partial charge in [-0.2, -0.15) is 0 Å². The van der Waals surface area contributed by atoms with E-state index >= 15 is 0 Å². The van der Waals surface area contributed by atoms with Gasteiger partial charge < -0.3 is 9.67 Å². The predicted molar refractivity (Wildman–Crippen MR) is 118 cm³/mol. The second-order valence-corrected chi connectivity index (χ2v) is 10.3. The van der Waals surface area contributed by atoms with Gasteiger partial charge in [0.1, 0.15) is 12.7 Å². The van der Waals surface area contributed by atoms with Crippen molar-refractivity contribution in [2.75, 3.05) is 6.16 Å². The van der Waals surface area contributed by atoms with Gasteiger partial charge in [-0.1, -0.05) is 89.7 Å². The van der Waals surface area contributed by atoms with Gasteiger partial charge in [0, 0.05) is 22.3 Å².